The summed E-state index contributed by atoms with van der Waals surface area (Å²) < 4.78 is 1.71. The Balaban J connectivity index is 0.00000225. The number of nitrogens with two attached hydrogens (primary N) is 1. The molecule has 0 aliphatic heterocycles. The Labute approximate surface area is 130 Å². The van der Waals surface area contributed by atoms with Crippen LogP contribution in [0, 0.1) is 12.6 Å². The summed E-state index contributed by atoms with van der Waals surface area (Å²) in [5, 5.41) is 9.66. The second kappa shape index (κ2) is 6.06. The minimum atomic E-state index is -0.0138. The maximum Gasteiger partial charge on any atom is 0.142 e. The Bertz CT molecular complexity index is 354. The van der Waals surface area contributed by atoms with Crippen LogP contribution >= 0.6 is 57.6 Å². The van der Waals surface area contributed by atoms with Gasteiger partial charge in [-0.05, 0) is 68.3 Å². The van der Waals surface area contributed by atoms with Crippen LogP contribution in [0.15, 0.2) is 12.1 Å². The Kier molecular flexibility index (Phi) is 6.34. The van der Waals surface area contributed by atoms with E-state index in [1.807, 2.05) is 12.1 Å². The Hall–Kier alpha value is 0.730. The molecule has 2 nitrogen and oxygen atoms in total. The summed E-state index contributed by atoms with van der Waals surface area (Å²) >= 11 is 4.25. The molecule has 3 N–H and O–H groups in total. The van der Waals surface area contributed by atoms with Gasteiger partial charge in [-0.25, -0.2) is 0 Å². The summed E-state index contributed by atoms with van der Waals surface area (Å²) in [7, 11) is 0. The van der Waals surface area contributed by atoms with Crippen LogP contribution in [0.1, 0.15) is 32.4 Å². The van der Waals surface area contributed by atoms with E-state index in [-0.39, 0.29) is 23.9 Å². The maximum absolute atomic E-state index is 9.66. The van der Waals surface area contributed by atoms with E-state index >= 15 is 0 Å². The molecule has 1 atom stereocenters. The van der Waals surface area contributed by atoms with Gasteiger partial charge < -0.3 is 10.8 Å². The van der Waals surface area contributed by atoms with Gasteiger partial charge in [-0.3, -0.25) is 0 Å². The van der Waals surface area contributed by atoms with Crippen LogP contribution < -0.4 is 5.73 Å². The van der Waals surface area contributed by atoms with E-state index in [1.54, 1.807) is 0 Å². The molecule has 5 heteroatoms. The normalized spacial score (nSPS) is 13.1. The first kappa shape index (κ1) is 16.7. The second-order valence-corrected chi connectivity index (χ2v) is 7.00. The molecule has 1 rings (SSSR count). The summed E-state index contributed by atoms with van der Waals surface area (Å²) in [6, 6.07) is 3.89. The maximum atomic E-state index is 9.66. The molecule has 0 amide bonds. The first-order valence-electron chi connectivity index (χ1n) is 4.67. The molecule has 1 aromatic carbocycles. The van der Waals surface area contributed by atoms with Crippen LogP contribution in [0.25, 0.3) is 0 Å². The van der Waals surface area contributed by atoms with E-state index in [0.717, 1.165) is 12.7 Å². The Morgan fingerprint density at radius 2 is 1.56 bits per heavy atom. The zero-order valence-corrected chi connectivity index (χ0v) is 14.6. The van der Waals surface area contributed by atoms with Crippen molar-refractivity contribution in [1.82, 2.24) is 0 Å². The third kappa shape index (κ3) is 3.89. The lowest BCUT2D eigenvalue weighted by atomic mass is 9.83. The van der Waals surface area contributed by atoms with Gasteiger partial charge in [0.05, 0.1) is 7.14 Å². The molecule has 0 bridgehead atoms. The van der Waals surface area contributed by atoms with Gasteiger partial charge in [0.2, 0.25) is 0 Å². The number of hydrogen-bond acceptors (Lipinski definition) is 2. The standard InChI is InChI=1S/C11H15I2NO.ClH/c1-11(2,3)10(14)6-4-7(12)9(15)8(13)5-6;/h4-5,10,15H,14H2,1-3H3;1H/t10-;/m0./s1. The topological polar surface area (TPSA) is 46.2 Å². The molecule has 92 valence electrons. The van der Waals surface area contributed by atoms with Crippen LogP contribution in [0.2, 0.25) is 0 Å². The number of aromatic hydroxyl groups is 1. The fraction of sp³-hybridized carbons (Fsp3) is 0.455. The predicted molar refractivity (Wildman–Crippen MR) is 87.2 cm³/mol. The van der Waals surface area contributed by atoms with Gasteiger partial charge in [0, 0.05) is 6.04 Å². The number of phenolic OH excluding ortho intramolecular Hbond substituents is 1. The van der Waals surface area contributed by atoms with Crippen molar-refractivity contribution in [3.63, 3.8) is 0 Å². The van der Waals surface area contributed by atoms with Gasteiger partial charge in [-0.2, -0.15) is 0 Å². The van der Waals surface area contributed by atoms with Crippen LogP contribution in [-0.4, -0.2) is 5.11 Å². The molecule has 16 heavy (non-hydrogen) atoms. The van der Waals surface area contributed by atoms with Crippen molar-refractivity contribution < 1.29 is 5.11 Å². The minimum Gasteiger partial charge on any atom is -0.506 e. The Morgan fingerprint density at radius 1 is 1.19 bits per heavy atom. The molecule has 0 saturated heterocycles. The average Bonchev–Trinajstić information content (AvgIpc) is 2.10. The third-order valence-corrected chi connectivity index (χ3v) is 3.98. The molecule has 0 spiro atoms. The average molecular weight is 468 g/mol. The van der Waals surface area contributed by atoms with Gasteiger partial charge in [0.1, 0.15) is 5.75 Å². The van der Waals surface area contributed by atoms with Gasteiger partial charge in [0.25, 0.3) is 0 Å². The van der Waals surface area contributed by atoms with Crippen LogP contribution in [-0.2, 0) is 0 Å². The van der Waals surface area contributed by atoms with Crippen LogP contribution in [0.5, 0.6) is 5.75 Å². The lowest BCUT2D eigenvalue weighted by Crippen LogP contribution is -2.26. The molecule has 0 aliphatic rings. The van der Waals surface area contributed by atoms with E-state index in [0.29, 0.717) is 5.75 Å². The predicted octanol–water partition coefficient (Wildman–Crippen LogP) is 4.07. The number of benzene rings is 1. The highest BCUT2D eigenvalue weighted by atomic mass is 127. The van der Waals surface area contributed by atoms with Crippen LogP contribution in [0.4, 0.5) is 0 Å². The van der Waals surface area contributed by atoms with Crippen molar-refractivity contribution in [2.24, 2.45) is 11.1 Å². The monoisotopic (exact) mass is 467 g/mol. The number of hydrogen-bond donors (Lipinski definition) is 2. The summed E-state index contributed by atoms with van der Waals surface area (Å²) in [4.78, 5) is 0. The quantitative estimate of drug-likeness (QED) is 0.612. The van der Waals surface area contributed by atoms with Gasteiger partial charge >= 0.3 is 0 Å². The molecule has 0 heterocycles. The lowest BCUT2D eigenvalue weighted by molar-refractivity contribution is 0.326. The summed E-state index contributed by atoms with van der Waals surface area (Å²) in [6.45, 7) is 6.35. The molecule has 0 saturated carbocycles. The van der Waals surface area contributed by atoms with E-state index in [1.165, 1.54) is 0 Å². The SMILES string of the molecule is CC(C)(C)[C@@H](N)c1cc(I)c(O)c(I)c1.Cl. The zero-order chi connectivity index (χ0) is 11.8. The van der Waals surface area contributed by atoms with Crippen LogP contribution in [0.3, 0.4) is 0 Å². The second-order valence-electron chi connectivity index (χ2n) is 4.68. The Morgan fingerprint density at radius 3 is 1.88 bits per heavy atom. The smallest absolute Gasteiger partial charge is 0.142 e. The third-order valence-electron chi connectivity index (χ3n) is 2.33. The summed E-state index contributed by atoms with van der Waals surface area (Å²) in [5.41, 5.74) is 7.28. The highest BCUT2D eigenvalue weighted by Crippen LogP contribution is 2.35. The number of halogens is 3. The van der Waals surface area contributed by atoms with Gasteiger partial charge in [-0.1, -0.05) is 20.8 Å². The molecule has 1 aromatic rings. The van der Waals surface area contributed by atoms with E-state index in [2.05, 4.69) is 66.0 Å². The summed E-state index contributed by atoms with van der Waals surface area (Å²) in [5.74, 6) is 0.348. The fourth-order valence-corrected chi connectivity index (χ4v) is 3.08. The molecule has 0 aromatic heterocycles. The van der Waals surface area contributed by atoms with Crippen molar-refractivity contribution in [2.75, 3.05) is 0 Å². The van der Waals surface area contributed by atoms with Crippen molar-refractivity contribution in [1.29, 1.82) is 0 Å². The number of phenols is 1. The lowest BCUT2D eigenvalue weighted by Gasteiger charge is -2.27. The highest BCUT2D eigenvalue weighted by Gasteiger charge is 2.23. The van der Waals surface area contributed by atoms with Gasteiger partial charge in [0.15, 0.2) is 0 Å². The van der Waals surface area contributed by atoms with E-state index in [4.69, 9.17) is 5.73 Å². The first-order chi connectivity index (χ1) is 6.73. The fourth-order valence-electron chi connectivity index (χ4n) is 1.26. The summed E-state index contributed by atoms with van der Waals surface area (Å²) in [6.07, 6.45) is 0. The largest absolute Gasteiger partial charge is 0.506 e. The van der Waals surface area contributed by atoms with Gasteiger partial charge in [-0.15, -0.1) is 12.4 Å². The molecule has 0 unspecified atom stereocenters. The van der Waals surface area contributed by atoms with Crippen molar-refractivity contribution in [2.45, 2.75) is 26.8 Å². The van der Waals surface area contributed by atoms with E-state index in [9.17, 15) is 5.11 Å². The molecule has 0 radical (unpaired) electrons. The van der Waals surface area contributed by atoms with Crippen molar-refractivity contribution in [3.05, 3.63) is 24.8 Å². The van der Waals surface area contributed by atoms with Crippen molar-refractivity contribution >= 4 is 57.6 Å². The minimum absolute atomic E-state index is 0. The first-order valence-corrected chi connectivity index (χ1v) is 6.82. The number of rotatable bonds is 1. The molecular weight excluding hydrogens is 451 g/mol. The van der Waals surface area contributed by atoms with E-state index < -0.39 is 0 Å². The molecule has 0 aliphatic carbocycles. The zero-order valence-electron chi connectivity index (χ0n) is 9.42. The molecular formula is C11H16ClI2NO. The highest BCUT2D eigenvalue weighted by molar-refractivity contribution is 14.1. The van der Waals surface area contributed by atoms with Crippen molar-refractivity contribution in [3.8, 4) is 5.75 Å². The molecule has 0 fully saturated rings.